The van der Waals surface area contributed by atoms with E-state index in [0.29, 0.717) is 45.6 Å². The van der Waals surface area contributed by atoms with Crippen LogP contribution in [0.5, 0.6) is 0 Å². The van der Waals surface area contributed by atoms with Crippen LogP contribution >= 0.6 is 0 Å². The van der Waals surface area contributed by atoms with Gasteiger partial charge in [-0.3, -0.25) is 9.59 Å². The fraction of sp³-hybridized carbons (Fsp3) is 0.846. The largest absolute Gasteiger partial charge is 0.469 e. The van der Waals surface area contributed by atoms with Gasteiger partial charge in [0, 0.05) is 32.7 Å². The molecule has 18 heavy (non-hydrogen) atoms. The average Bonchev–Trinajstić information content (AvgIpc) is 2.42. The molecule has 0 unspecified atom stereocenters. The van der Waals surface area contributed by atoms with Crippen molar-refractivity contribution in [3.05, 3.63) is 0 Å². The highest BCUT2D eigenvalue weighted by Gasteiger charge is 2.27. The number of nitrogens with zero attached hydrogens (tertiary/aromatic N) is 1. The highest BCUT2D eigenvalue weighted by Crippen LogP contribution is 2.19. The van der Waals surface area contributed by atoms with Crippen molar-refractivity contribution in [3.63, 3.8) is 0 Å². The maximum Gasteiger partial charge on any atom is 0.308 e. The lowest BCUT2D eigenvalue weighted by Gasteiger charge is -2.30. The van der Waals surface area contributed by atoms with Gasteiger partial charge in [-0.2, -0.15) is 0 Å². The van der Waals surface area contributed by atoms with Gasteiger partial charge in [0.25, 0.3) is 0 Å². The quantitative estimate of drug-likeness (QED) is 0.530. The van der Waals surface area contributed by atoms with Crippen LogP contribution in [-0.4, -0.2) is 50.2 Å². The molecule has 1 aliphatic heterocycles. The number of rotatable bonds is 6. The number of piperidine rings is 1. The number of amides is 1. The minimum absolute atomic E-state index is 0.0394. The Labute approximate surface area is 108 Å². The van der Waals surface area contributed by atoms with Crippen LogP contribution in [0, 0.1) is 5.92 Å². The summed E-state index contributed by atoms with van der Waals surface area (Å²) in [4.78, 5) is 25.0. The van der Waals surface area contributed by atoms with Crippen LogP contribution in [-0.2, 0) is 19.1 Å². The van der Waals surface area contributed by atoms with E-state index in [-0.39, 0.29) is 17.8 Å². The first-order valence-electron chi connectivity index (χ1n) is 6.62. The second kappa shape index (κ2) is 8.08. The third kappa shape index (κ3) is 4.64. The summed E-state index contributed by atoms with van der Waals surface area (Å²) in [5, 5.41) is 0. The molecule has 1 saturated heterocycles. The van der Waals surface area contributed by atoms with Crippen LogP contribution in [0.4, 0.5) is 0 Å². The topological polar surface area (TPSA) is 55.8 Å². The molecule has 104 valence electrons. The zero-order chi connectivity index (χ0) is 13.4. The van der Waals surface area contributed by atoms with Gasteiger partial charge in [0.1, 0.15) is 0 Å². The number of carbonyl (C=O) groups is 2. The molecule has 0 aromatic rings. The number of likely N-dealkylation sites (tertiary alicyclic amines) is 1. The number of hydrogen-bond donors (Lipinski definition) is 0. The van der Waals surface area contributed by atoms with Gasteiger partial charge in [-0.25, -0.2) is 0 Å². The van der Waals surface area contributed by atoms with Gasteiger partial charge in [0.2, 0.25) is 5.91 Å². The van der Waals surface area contributed by atoms with Crippen molar-refractivity contribution in [3.8, 4) is 0 Å². The van der Waals surface area contributed by atoms with E-state index in [4.69, 9.17) is 9.47 Å². The van der Waals surface area contributed by atoms with Crippen LogP contribution < -0.4 is 0 Å². The first-order chi connectivity index (χ1) is 8.69. The molecule has 1 heterocycles. The summed E-state index contributed by atoms with van der Waals surface area (Å²) in [5.41, 5.74) is 0. The summed E-state index contributed by atoms with van der Waals surface area (Å²) in [6, 6.07) is 0. The van der Waals surface area contributed by atoms with Crippen LogP contribution in [0.1, 0.15) is 32.6 Å². The molecule has 0 radical (unpaired) electrons. The van der Waals surface area contributed by atoms with E-state index in [1.54, 1.807) is 0 Å². The molecule has 1 aliphatic rings. The van der Waals surface area contributed by atoms with Gasteiger partial charge in [0.15, 0.2) is 0 Å². The van der Waals surface area contributed by atoms with Gasteiger partial charge >= 0.3 is 5.97 Å². The molecule has 0 N–H and O–H groups in total. The molecule has 5 nitrogen and oxygen atoms in total. The maximum absolute atomic E-state index is 11.9. The van der Waals surface area contributed by atoms with Gasteiger partial charge < -0.3 is 14.4 Å². The standard InChI is InChI=1S/C13H23NO4/c1-3-18-10-4-5-12(15)14-8-6-11(7-9-14)13(16)17-2/h11H,3-10H2,1-2H3. The summed E-state index contributed by atoms with van der Waals surface area (Å²) in [6.45, 7) is 4.60. The Morgan fingerprint density at radius 1 is 1.28 bits per heavy atom. The highest BCUT2D eigenvalue weighted by atomic mass is 16.5. The Morgan fingerprint density at radius 2 is 1.94 bits per heavy atom. The lowest BCUT2D eigenvalue weighted by Crippen LogP contribution is -2.40. The monoisotopic (exact) mass is 257 g/mol. The second-order valence-electron chi connectivity index (χ2n) is 4.48. The molecule has 1 fully saturated rings. The first-order valence-corrected chi connectivity index (χ1v) is 6.62. The molecular weight excluding hydrogens is 234 g/mol. The number of methoxy groups -OCH3 is 1. The van der Waals surface area contributed by atoms with E-state index in [9.17, 15) is 9.59 Å². The summed E-state index contributed by atoms with van der Waals surface area (Å²) < 4.78 is 9.92. The Hall–Kier alpha value is -1.10. The SMILES string of the molecule is CCOCCCC(=O)N1CCC(C(=O)OC)CC1. The molecule has 0 atom stereocenters. The molecule has 0 spiro atoms. The maximum atomic E-state index is 11.9. The van der Waals surface area contributed by atoms with Crippen molar-refractivity contribution < 1.29 is 19.1 Å². The smallest absolute Gasteiger partial charge is 0.308 e. The van der Waals surface area contributed by atoms with Gasteiger partial charge in [-0.05, 0) is 26.2 Å². The Kier molecular flexibility index (Phi) is 6.72. The Morgan fingerprint density at radius 3 is 2.50 bits per heavy atom. The van der Waals surface area contributed by atoms with E-state index < -0.39 is 0 Å². The van der Waals surface area contributed by atoms with Crippen LogP contribution in [0.25, 0.3) is 0 Å². The molecule has 5 heteroatoms. The number of hydrogen-bond acceptors (Lipinski definition) is 4. The van der Waals surface area contributed by atoms with E-state index in [1.807, 2.05) is 11.8 Å². The predicted octanol–water partition coefficient (Wildman–Crippen LogP) is 1.21. The predicted molar refractivity (Wildman–Crippen MR) is 67.0 cm³/mol. The van der Waals surface area contributed by atoms with Crippen LogP contribution in [0.2, 0.25) is 0 Å². The molecule has 1 rings (SSSR count). The molecule has 0 aromatic heterocycles. The van der Waals surface area contributed by atoms with Gasteiger partial charge in [-0.15, -0.1) is 0 Å². The normalized spacial score (nSPS) is 16.7. The average molecular weight is 257 g/mol. The molecule has 0 aromatic carbocycles. The third-order valence-electron chi connectivity index (χ3n) is 3.27. The minimum atomic E-state index is -0.154. The Balaban J connectivity index is 2.21. The van der Waals surface area contributed by atoms with E-state index in [2.05, 4.69) is 0 Å². The molecule has 0 aliphatic carbocycles. The molecular formula is C13H23NO4. The van der Waals surface area contributed by atoms with Crippen molar-refractivity contribution >= 4 is 11.9 Å². The first kappa shape index (κ1) is 15.0. The lowest BCUT2D eigenvalue weighted by atomic mass is 9.97. The fourth-order valence-electron chi connectivity index (χ4n) is 2.16. The molecule has 0 bridgehead atoms. The van der Waals surface area contributed by atoms with Crippen molar-refractivity contribution in [2.75, 3.05) is 33.4 Å². The molecule has 0 saturated carbocycles. The summed E-state index contributed by atoms with van der Waals surface area (Å²) in [6.07, 6.45) is 2.72. The second-order valence-corrected chi connectivity index (χ2v) is 4.48. The van der Waals surface area contributed by atoms with E-state index >= 15 is 0 Å². The van der Waals surface area contributed by atoms with Gasteiger partial charge in [0.05, 0.1) is 13.0 Å². The van der Waals surface area contributed by atoms with E-state index in [0.717, 1.165) is 6.42 Å². The zero-order valence-electron chi connectivity index (χ0n) is 11.3. The van der Waals surface area contributed by atoms with Crippen LogP contribution in [0.3, 0.4) is 0 Å². The summed E-state index contributed by atoms with van der Waals surface area (Å²) in [7, 11) is 1.41. The zero-order valence-corrected chi connectivity index (χ0v) is 11.3. The van der Waals surface area contributed by atoms with Crippen molar-refractivity contribution in [1.82, 2.24) is 4.90 Å². The van der Waals surface area contributed by atoms with Crippen molar-refractivity contribution in [1.29, 1.82) is 0 Å². The van der Waals surface area contributed by atoms with Gasteiger partial charge in [-0.1, -0.05) is 0 Å². The summed E-state index contributed by atoms with van der Waals surface area (Å²) >= 11 is 0. The van der Waals surface area contributed by atoms with Crippen molar-refractivity contribution in [2.45, 2.75) is 32.6 Å². The highest BCUT2D eigenvalue weighted by molar-refractivity contribution is 5.77. The Bertz CT molecular complexity index is 272. The number of ether oxygens (including phenoxy) is 2. The number of esters is 1. The van der Waals surface area contributed by atoms with Crippen molar-refractivity contribution in [2.24, 2.45) is 5.92 Å². The molecule has 1 amide bonds. The summed E-state index contributed by atoms with van der Waals surface area (Å²) in [5.74, 6) is -0.0288. The minimum Gasteiger partial charge on any atom is -0.469 e. The van der Waals surface area contributed by atoms with Crippen LogP contribution in [0.15, 0.2) is 0 Å². The lowest BCUT2D eigenvalue weighted by molar-refractivity contribution is -0.148. The number of carbonyl (C=O) groups excluding carboxylic acids is 2. The fourth-order valence-corrected chi connectivity index (χ4v) is 2.16. The van der Waals surface area contributed by atoms with E-state index in [1.165, 1.54) is 7.11 Å². The third-order valence-corrected chi connectivity index (χ3v) is 3.27.